The molecule has 118 valence electrons. The van der Waals surface area contributed by atoms with E-state index >= 15 is 0 Å². The molecule has 3 heteroatoms. The highest BCUT2D eigenvalue weighted by Crippen LogP contribution is 2.18. The van der Waals surface area contributed by atoms with Crippen molar-refractivity contribution in [3.05, 3.63) is 29.8 Å². The maximum Gasteiger partial charge on any atom is 0.119 e. The average Bonchev–Trinajstić information content (AvgIpc) is 2.94. The lowest BCUT2D eigenvalue weighted by atomic mass is 10.1. The molecule has 3 nitrogen and oxygen atoms in total. The van der Waals surface area contributed by atoms with Gasteiger partial charge in [0.05, 0.1) is 0 Å². The van der Waals surface area contributed by atoms with Gasteiger partial charge in [-0.1, -0.05) is 39.3 Å². The fourth-order valence-electron chi connectivity index (χ4n) is 2.77. The van der Waals surface area contributed by atoms with Gasteiger partial charge in [-0.3, -0.25) is 4.90 Å². The van der Waals surface area contributed by atoms with E-state index in [0.29, 0.717) is 6.04 Å². The number of nitrogens with zero attached hydrogens (tertiary/aromatic N) is 1. The topological polar surface area (TPSA) is 24.5 Å². The summed E-state index contributed by atoms with van der Waals surface area (Å²) in [6.45, 7) is 11.9. The summed E-state index contributed by atoms with van der Waals surface area (Å²) in [6, 6.07) is 8.97. The van der Waals surface area contributed by atoms with Gasteiger partial charge in [0.15, 0.2) is 0 Å². The van der Waals surface area contributed by atoms with E-state index in [0.717, 1.165) is 31.4 Å². The lowest BCUT2D eigenvalue weighted by Gasteiger charge is -2.16. The highest BCUT2D eigenvalue weighted by Gasteiger charge is 2.20. The SMILES string of the molecule is CCC1CCN(CCOc2ccc(CNC(C)C)cc2)C1. The largest absolute Gasteiger partial charge is 0.492 e. The number of ether oxygens (including phenoxy) is 1. The molecule has 1 atom stereocenters. The van der Waals surface area contributed by atoms with Crippen LogP contribution in [-0.2, 0) is 6.54 Å². The molecule has 1 saturated heterocycles. The first-order valence-corrected chi connectivity index (χ1v) is 8.35. The zero-order valence-corrected chi connectivity index (χ0v) is 13.8. The molecule has 0 aromatic heterocycles. The molecule has 1 aliphatic heterocycles. The van der Waals surface area contributed by atoms with Crippen molar-refractivity contribution < 1.29 is 4.74 Å². The molecule has 1 N–H and O–H groups in total. The third-order valence-corrected chi connectivity index (χ3v) is 4.26. The van der Waals surface area contributed by atoms with Crippen molar-refractivity contribution in [3.8, 4) is 5.75 Å². The Bertz CT molecular complexity index is 402. The van der Waals surface area contributed by atoms with Crippen molar-refractivity contribution in [3.63, 3.8) is 0 Å². The molecular formula is C18H30N2O. The minimum atomic E-state index is 0.522. The lowest BCUT2D eigenvalue weighted by Crippen LogP contribution is -2.26. The Morgan fingerprint density at radius 3 is 2.67 bits per heavy atom. The van der Waals surface area contributed by atoms with Crippen molar-refractivity contribution in [2.24, 2.45) is 5.92 Å². The van der Waals surface area contributed by atoms with Crippen LogP contribution in [0.1, 0.15) is 39.2 Å². The Balaban J connectivity index is 1.67. The maximum atomic E-state index is 5.86. The minimum absolute atomic E-state index is 0.522. The van der Waals surface area contributed by atoms with Crippen LogP contribution >= 0.6 is 0 Å². The van der Waals surface area contributed by atoms with Crippen LogP contribution in [0.25, 0.3) is 0 Å². The fraction of sp³-hybridized carbons (Fsp3) is 0.667. The molecule has 1 heterocycles. The van der Waals surface area contributed by atoms with Crippen LogP contribution < -0.4 is 10.1 Å². The predicted molar refractivity (Wildman–Crippen MR) is 88.8 cm³/mol. The summed E-state index contributed by atoms with van der Waals surface area (Å²) in [7, 11) is 0. The third kappa shape index (κ3) is 5.68. The van der Waals surface area contributed by atoms with Gasteiger partial charge in [0, 0.05) is 25.7 Å². The highest BCUT2D eigenvalue weighted by molar-refractivity contribution is 5.27. The van der Waals surface area contributed by atoms with Gasteiger partial charge < -0.3 is 10.1 Å². The zero-order valence-electron chi connectivity index (χ0n) is 13.8. The summed E-state index contributed by atoms with van der Waals surface area (Å²) in [5.41, 5.74) is 1.31. The Hall–Kier alpha value is -1.06. The molecule has 1 unspecified atom stereocenters. The zero-order chi connectivity index (χ0) is 15.1. The minimum Gasteiger partial charge on any atom is -0.492 e. The van der Waals surface area contributed by atoms with Crippen molar-refractivity contribution in [1.29, 1.82) is 0 Å². The van der Waals surface area contributed by atoms with E-state index in [1.165, 1.54) is 31.5 Å². The molecule has 0 amide bonds. The highest BCUT2D eigenvalue weighted by atomic mass is 16.5. The number of benzene rings is 1. The van der Waals surface area contributed by atoms with E-state index in [1.807, 2.05) is 0 Å². The predicted octanol–water partition coefficient (Wildman–Crippen LogP) is 3.30. The number of hydrogen-bond donors (Lipinski definition) is 1. The molecule has 1 fully saturated rings. The summed E-state index contributed by atoms with van der Waals surface area (Å²) in [6.07, 6.45) is 2.66. The monoisotopic (exact) mass is 290 g/mol. The molecule has 1 aromatic rings. The molecule has 0 spiro atoms. The second-order valence-electron chi connectivity index (χ2n) is 6.39. The number of nitrogens with one attached hydrogen (secondary N) is 1. The van der Waals surface area contributed by atoms with E-state index in [4.69, 9.17) is 4.74 Å². The van der Waals surface area contributed by atoms with Gasteiger partial charge in [-0.15, -0.1) is 0 Å². The number of hydrogen-bond acceptors (Lipinski definition) is 3. The quantitative estimate of drug-likeness (QED) is 0.795. The van der Waals surface area contributed by atoms with Crippen molar-refractivity contribution in [2.75, 3.05) is 26.2 Å². The summed E-state index contributed by atoms with van der Waals surface area (Å²) in [4.78, 5) is 2.52. The van der Waals surface area contributed by atoms with Crippen LogP contribution in [0.5, 0.6) is 5.75 Å². The van der Waals surface area contributed by atoms with Gasteiger partial charge in [-0.25, -0.2) is 0 Å². The molecule has 1 aliphatic rings. The molecule has 0 radical (unpaired) electrons. The van der Waals surface area contributed by atoms with Crippen LogP contribution in [0, 0.1) is 5.92 Å². The van der Waals surface area contributed by atoms with E-state index in [-0.39, 0.29) is 0 Å². The average molecular weight is 290 g/mol. The summed E-state index contributed by atoms with van der Waals surface area (Å²) in [5, 5.41) is 3.42. The fourth-order valence-corrected chi connectivity index (χ4v) is 2.77. The first-order valence-electron chi connectivity index (χ1n) is 8.35. The van der Waals surface area contributed by atoms with Crippen molar-refractivity contribution in [1.82, 2.24) is 10.2 Å². The van der Waals surface area contributed by atoms with Gasteiger partial charge in [-0.05, 0) is 36.6 Å². The molecule has 0 bridgehead atoms. The van der Waals surface area contributed by atoms with E-state index < -0.39 is 0 Å². The summed E-state index contributed by atoms with van der Waals surface area (Å²) >= 11 is 0. The smallest absolute Gasteiger partial charge is 0.119 e. The van der Waals surface area contributed by atoms with Crippen LogP contribution in [0.3, 0.4) is 0 Å². The van der Waals surface area contributed by atoms with Gasteiger partial charge >= 0.3 is 0 Å². The Morgan fingerprint density at radius 1 is 1.29 bits per heavy atom. The number of likely N-dealkylation sites (tertiary alicyclic amines) is 1. The Labute approximate surface area is 129 Å². The second kappa shape index (κ2) is 8.40. The van der Waals surface area contributed by atoms with E-state index in [2.05, 4.69) is 55.3 Å². The number of rotatable bonds is 8. The Kier molecular flexibility index (Phi) is 6.52. The van der Waals surface area contributed by atoms with Crippen molar-refractivity contribution in [2.45, 2.75) is 46.2 Å². The van der Waals surface area contributed by atoms with E-state index in [9.17, 15) is 0 Å². The van der Waals surface area contributed by atoms with Gasteiger partial charge in [0.1, 0.15) is 12.4 Å². The third-order valence-electron chi connectivity index (χ3n) is 4.26. The van der Waals surface area contributed by atoms with E-state index in [1.54, 1.807) is 0 Å². The molecule has 21 heavy (non-hydrogen) atoms. The van der Waals surface area contributed by atoms with Crippen LogP contribution in [0.4, 0.5) is 0 Å². The second-order valence-corrected chi connectivity index (χ2v) is 6.39. The Morgan fingerprint density at radius 2 is 2.05 bits per heavy atom. The molecule has 0 aliphatic carbocycles. The van der Waals surface area contributed by atoms with Crippen LogP contribution in [-0.4, -0.2) is 37.2 Å². The molecule has 1 aromatic carbocycles. The first-order chi connectivity index (χ1) is 10.2. The molecular weight excluding hydrogens is 260 g/mol. The van der Waals surface area contributed by atoms with Gasteiger partial charge in [0.25, 0.3) is 0 Å². The summed E-state index contributed by atoms with van der Waals surface area (Å²) < 4.78 is 5.86. The first kappa shape index (κ1) is 16.3. The molecule has 2 rings (SSSR count). The lowest BCUT2D eigenvalue weighted by molar-refractivity contribution is 0.232. The maximum absolute atomic E-state index is 5.86. The standard InChI is InChI=1S/C18H30N2O/c1-4-16-9-10-20(14-16)11-12-21-18-7-5-17(6-8-18)13-19-15(2)3/h5-8,15-16,19H,4,9-14H2,1-3H3. The van der Waals surface area contributed by atoms with Gasteiger partial charge in [-0.2, -0.15) is 0 Å². The van der Waals surface area contributed by atoms with Crippen molar-refractivity contribution >= 4 is 0 Å². The summed E-state index contributed by atoms with van der Waals surface area (Å²) in [5.74, 6) is 1.88. The van der Waals surface area contributed by atoms with Crippen LogP contribution in [0.15, 0.2) is 24.3 Å². The molecule has 0 saturated carbocycles. The van der Waals surface area contributed by atoms with Gasteiger partial charge in [0.2, 0.25) is 0 Å². The van der Waals surface area contributed by atoms with Crippen LogP contribution in [0.2, 0.25) is 0 Å². The normalized spacial score (nSPS) is 19.3.